The molecule has 0 saturated carbocycles. The summed E-state index contributed by atoms with van der Waals surface area (Å²) in [4.78, 5) is 25.5. The standard InChI is InChI=1S/C21H15BrClNO4/c1-27-9-6-12-16-15(28-19(12)13(22)7-9)8-11(10-4-2-3-5-14(10)23)17-18(16)21(26)24-20(17)25/h2-7,11,17-18H,8H2,1H3,(H,24,25,26). The molecule has 2 heterocycles. The number of nitrogens with one attached hydrogen (secondary N) is 1. The second-order valence-corrected chi connectivity index (χ2v) is 8.38. The first kappa shape index (κ1) is 17.8. The summed E-state index contributed by atoms with van der Waals surface area (Å²) in [7, 11) is 1.59. The van der Waals surface area contributed by atoms with E-state index in [0.717, 1.165) is 21.0 Å². The normalized spacial score (nSPS) is 23.5. The van der Waals surface area contributed by atoms with Crippen molar-refractivity contribution >= 4 is 50.3 Å². The Bertz CT molecular complexity index is 1150. The first-order valence-electron chi connectivity index (χ1n) is 8.87. The van der Waals surface area contributed by atoms with E-state index in [-0.39, 0.29) is 17.7 Å². The number of fused-ring (bicyclic) bond motifs is 5. The summed E-state index contributed by atoms with van der Waals surface area (Å²) >= 11 is 9.96. The molecule has 2 aliphatic rings. The third-order valence-corrected chi connectivity index (χ3v) is 6.65. The van der Waals surface area contributed by atoms with Gasteiger partial charge < -0.3 is 9.15 Å². The molecule has 1 fully saturated rings. The first-order chi connectivity index (χ1) is 13.5. The smallest absolute Gasteiger partial charge is 0.235 e. The van der Waals surface area contributed by atoms with Crippen LogP contribution < -0.4 is 10.1 Å². The number of carbonyl (C=O) groups is 2. The summed E-state index contributed by atoms with van der Waals surface area (Å²) in [6, 6.07) is 11.1. The van der Waals surface area contributed by atoms with E-state index in [1.807, 2.05) is 30.3 Å². The minimum Gasteiger partial charge on any atom is -0.497 e. The van der Waals surface area contributed by atoms with Crippen LogP contribution in [0.3, 0.4) is 0 Å². The monoisotopic (exact) mass is 459 g/mol. The Morgan fingerprint density at radius 2 is 2.00 bits per heavy atom. The van der Waals surface area contributed by atoms with Gasteiger partial charge in [0.25, 0.3) is 0 Å². The molecule has 5 rings (SSSR count). The maximum Gasteiger partial charge on any atom is 0.235 e. The first-order valence-corrected chi connectivity index (χ1v) is 10.0. The number of rotatable bonds is 2. The molecule has 2 amide bonds. The second-order valence-electron chi connectivity index (χ2n) is 7.11. The van der Waals surface area contributed by atoms with E-state index in [4.69, 9.17) is 20.8 Å². The van der Waals surface area contributed by atoms with Gasteiger partial charge in [-0.05, 0) is 39.7 Å². The van der Waals surface area contributed by atoms with Crippen LogP contribution in [0.4, 0.5) is 0 Å². The molecular weight excluding hydrogens is 446 g/mol. The maximum atomic E-state index is 12.8. The average molecular weight is 461 g/mol. The number of benzene rings is 2. The highest BCUT2D eigenvalue weighted by atomic mass is 79.9. The van der Waals surface area contributed by atoms with Crippen molar-refractivity contribution in [3.63, 3.8) is 0 Å². The molecule has 5 nitrogen and oxygen atoms in total. The van der Waals surface area contributed by atoms with E-state index in [2.05, 4.69) is 21.2 Å². The number of ether oxygens (including phenoxy) is 1. The van der Waals surface area contributed by atoms with Crippen molar-refractivity contribution < 1.29 is 18.7 Å². The molecule has 0 radical (unpaired) electrons. The van der Waals surface area contributed by atoms with Gasteiger partial charge in [-0.1, -0.05) is 29.8 Å². The zero-order valence-corrected chi connectivity index (χ0v) is 17.1. The van der Waals surface area contributed by atoms with Gasteiger partial charge in [0.05, 0.1) is 23.4 Å². The fourth-order valence-corrected chi connectivity index (χ4v) is 5.34. The fourth-order valence-electron chi connectivity index (χ4n) is 4.54. The van der Waals surface area contributed by atoms with Gasteiger partial charge in [0.15, 0.2) is 0 Å². The summed E-state index contributed by atoms with van der Waals surface area (Å²) in [5.74, 6) is -0.573. The van der Waals surface area contributed by atoms with Crippen LogP contribution in [0.1, 0.15) is 28.7 Å². The van der Waals surface area contributed by atoms with E-state index in [9.17, 15) is 9.59 Å². The van der Waals surface area contributed by atoms with Crippen molar-refractivity contribution in [2.75, 3.05) is 7.11 Å². The molecule has 0 bridgehead atoms. The Hall–Kier alpha value is -2.31. The summed E-state index contributed by atoms with van der Waals surface area (Å²) in [6.07, 6.45) is 0.490. The molecule has 2 aromatic carbocycles. The summed E-state index contributed by atoms with van der Waals surface area (Å²) in [5, 5.41) is 3.89. The molecule has 1 aliphatic carbocycles. The van der Waals surface area contributed by atoms with Crippen molar-refractivity contribution in [2.45, 2.75) is 18.3 Å². The van der Waals surface area contributed by atoms with Crippen molar-refractivity contribution in [2.24, 2.45) is 5.92 Å². The van der Waals surface area contributed by atoms with Crippen LogP contribution in [0.15, 0.2) is 45.3 Å². The van der Waals surface area contributed by atoms with Gasteiger partial charge in [0.1, 0.15) is 17.1 Å². The van der Waals surface area contributed by atoms with Crippen molar-refractivity contribution in [1.82, 2.24) is 5.32 Å². The minimum atomic E-state index is -0.613. The van der Waals surface area contributed by atoms with E-state index >= 15 is 0 Å². The number of amides is 2. The van der Waals surface area contributed by atoms with Crippen LogP contribution in [0.2, 0.25) is 5.02 Å². The van der Waals surface area contributed by atoms with Crippen LogP contribution in [-0.4, -0.2) is 18.9 Å². The molecule has 7 heteroatoms. The lowest BCUT2D eigenvalue weighted by atomic mass is 9.69. The van der Waals surface area contributed by atoms with Crippen LogP contribution in [0.5, 0.6) is 5.75 Å². The highest BCUT2D eigenvalue weighted by molar-refractivity contribution is 9.10. The number of hydrogen-bond donors (Lipinski definition) is 1. The molecule has 3 atom stereocenters. The quantitative estimate of drug-likeness (QED) is 0.570. The van der Waals surface area contributed by atoms with Crippen molar-refractivity contribution in [1.29, 1.82) is 0 Å². The molecule has 0 spiro atoms. The highest BCUT2D eigenvalue weighted by Crippen LogP contribution is 2.52. The van der Waals surface area contributed by atoms with E-state index in [1.54, 1.807) is 13.2 Å². The number of imide groups is 1. The third kappa shape index (κ3) is 2.44. The maximum absolute atomic E-state index is 12.8. The minimum absolute atomic E-state index is 0.237. The van der Waals surface area contributed by atoms with E-state index < -0.39 is 11.8 Å². The molecule has 3 aromatic rings. The predicted molar refractivity (Wildman–Crippen MR) is 108 cm³/mol. The molecule has 1 saturated heterocycles. The van der Waals surface area contributed by atoms with Gasteiger partial charge in [-0.2, -0.15) is 0 Å². The van der Waals surface area contributed by atoms with Gasteiger partial charge in [-0.3, -0.25) is 14.9 Å². The summed E-state index contributed by atoms with van der Waals surface area (Å²) in [5.41, 5.74) is 2.27. The largest absolute Gasteiger partial charge is 0.497 e. The molecule has 1 aliphatic heterocycles. The molecular formula is C21H15BrClNO4. The Balaban J connectivity index is 1.77. The highest BCUT2D eigenvalue weighted by Gasteiger charge is 2.53. The van der Waals surface area contributed by atoms with Gasteiger partial charge in [-0.15, -0.1) is 0 Å². The van der Waals surface area contributed by atoms with Crippen LogP contribution in [0.25, 0.3) is 11.0 Å². The van der Waals surface area contributed by atoms with Gasteiger partial charge in [0.2, 0.25) is 11.8 Å². The number of methoxy groups -OCH3 is 1. The average Bonchev–Trinajstić information content (AvgIpc) is 3.19. The Morgan fingerprint density at radius 3 is 2.75 bits per heavy atom. The predicted octanol–water partition coefficient (Wildman–Crippen LogP) is 4.55. The third-order valence-electron chi connectivity index (χ3n) is 5.71. The van der Waals surface area contributed by atoms with Crippen molar-refractivity contribution in [3.05, 3.63) is 62.8 Å². The lowest BCUT2D eigenvalue weighted by Crippen LogP contribution is -2.30. The molecule has 142 valence electrons. The SMILES string of the molecule is COc1cc(Br)c2oc3c(c2c1)C1C(=O)NC(=O)C1C(c1ccccc1Cl)C3. The van der Waals surface area contributed by atoms with Gasteiger partial charge in [-0.25, -0.2) is 0 Å². The number of furan rings is 1. The Kier molecular flexibility index (Phi) is 4.03. The number of carbonyl (C=O) groups excluding carboxylic acids is 2. The lowest BCUT2D eigenvalue weighted by molar-refractivity contribution is -0.126. The van der Waals surface area contributed by atoms with Crippen LogP contribution in [-0.2, 0) is 16.0 Å². The van der Waals surface area contributed by atoms with E-state index in [0.29, 0.717) is 28.5 Å². The molecule has 3 unspecified atom stereocenters. The topological polar surface area (TPSA) is 68.5 Å². The molecule has 28 heavy (non-hydrogen) atoms. The molecule has 1 aromatic heterocycles. The summed E-state index contributed by atoms with van der Waals surface area (Å²) < 4.78 is 12.3. The van der Waals surface area contributed by atoms with Crippen LogP contribution >= 0.6 is 27.5 Å². The lowest BCUT2D eigenvalue weighted by Gasteiger charge is -2.31. The zero-order valence-electron chi connectivity index (χ0n) is 14.8. The van der Waals surface area contributed by atoms with E-state index in [1.165, 1.54) is 0 Å². The zero-order chi connectivity index (χ0) is 19.6. The number of halogens is 2. The Labute approximate surface area is 174 Å². The fraction of sp³-hybridized carbons (Fsp3) is 0.238. The molecule has 1 N–H and O–H groups in total. The van der Waals surface area contributed by atoms with Gasteiger partial charge >= 0.3 is 0 Å². The summed E-state index contributed by atoms with van der Waals surface area (Å²) in [6.45, 7) is 0. The number of hydrogen-bond acceptors (Lipinski definition) is 4. The van der Waals surface area contributed by atoms with Crippen molar-refractivity contribution in [3.8, 4) is 5.75 Å². The second kappa shape index (κ2) is 6.36. The van der Waals surface area contributed by atoms with Crippen LogP contribution in [0, 0.1) is 5.92 Å². The Morgan fingerprint density at radius 1 is 1.21 bits per heavy atom. The van der Waals surface area contributed by atoms with Gasteiger partial charge in [0, 0.05) is 28.3 Å².